The Morgan fingerprint density at radius 1 is 0.889 bits per heavy atom. The molecule has 1 aliphatic carbocycles. The molecule has 0 saturated carbocycles. The fourth-order valence-electron chi connectivity index (χ4n) is 2.88. The highest BCUT2D eigenvalue weighted by Crippen LogP contribution is 2.38. The van der Waals surface area contributed by atoms with Crippen LogP contribution in [0.5, 0.6) is 0 Å². The topological polar surface area (TPSA) is 0 Å². The predicted octanol–water partition coefficient (Wildman–Crippen LogP) is 5.33. The summed E-state index contributed by atoms with van der Waals surface area (Å²) in [5.74, 6) is 0. The first kappa shape index (κ1) is 13.1. The van der Waals surface area contributed by atoms with Crippen molar-refractivity contribution in [3.05, 3.63) is 51.6 Å². The largest absolute Gasteiger partial charge is 0.0657 e. The lowest BCUT2D eigenvalue weighted by Crippen LogP contribution is -1.94. The van der Waals surface area contributed by atoms with Crippen LogP contribution in [0.1, 0.15) is 57.7 Å². The standard InChI is InChI=1S/C18H24/c1-6-15-8-9-17(11-16(15)7-2)18-10-12(3)13(4)14(18)5/h8-9,11H,6-7,10H2,1-5H3. The molecule has 1 aromatic carbocycles. The highest BCUT2D eigenvalue weighted by molar-refractivity contribution is 5.78. The minimum absolute atomic E-state index is 1.13. The van der Waals surface area contributed by atoms with Crippen LogP contribution in [-0.2, 0) is 12.8 Å². The number of benzene rings is 1. The Labute approximate surface area is 111 Å². The summed E-state index contributed by atoms with van der Waals surface area (Å²) in [5, 5.41) is 0. The maximum Gasteiger partial charge on any atom is -0.00554 e. The normalized spacial score (nSPS) is 15.8. The maximum atomic E-state index is 2.41. The van der Waals surface area contributed by atoms with Gasteiger partial charge in [-0.3, -0.25) is 0 Å². The second-order valence-corrected chi connectivity index (χ2v) is 5.38. The van der Waals surface area contributed by atoms with E-state index in [1.807, 2.05) is 0 Å². The Kier molecular flexibility index (Phi) is 3.75. The lowest BCUT2D eigenvalue weighted by Gasteiger charge is -2.11. The zero-order valence-corrected chi connectivity index (χ0v) is 12.4. The molecule has 0 unspecified atom stereocenters. The number of aryl methyl sites for hydroxylation is 2. The molecule has 0 heterocycles. The quantitative estimate of drug-likeness (QED) is 0.670. The van der Waals surface area contributed by atoms with Crippen molar-refractivity contribution in [2.45, 2.75) is 53.9 Å². The molecule has 0 fully saturated rings. The molecule has 0 bridgehead atoms. The summed E-state index contributed by atoms with van der Waals surface area (Å²) in [6.45, 7) is 11.3. The zero-order valence-electron chi connectivity index (χ0n) is 12.4. The van der Waals surface area contributed by atoms with Gasteiger partial charge in [0.15, 0.2) is 0 Å². The molecule has 0 radical (unpaired) electrons. The van der Waals surface area contributed by atoms with Crippen molar-refractivity contribution in [2.24, 2.45) is 0 Å². The van der Waals surface area contributed by atoms with Gasteiger partial charge in [0.25, 0.3) is 0 Å². The molecular formula is C18H24. The van der Waals surface area contributed by atoms with Gasteiger partial charge < -0.3 is 0 Å². The van der Waals surface area contributed by atoms with E-state index in [4.69, 9.17) is 0 Å². The van der Waals surface area contributed by atoms with E-state index < -0.39 is 0 Å². The summed E-state index contributed by atoms with van der Waals surface area (Å²) in [6, 6.07) is 7.03. The van der Waals surface area contributed by atoms with Gasteiger partial charge >= 0.3 is 0 Å². The van der Waals surface area contributed by atoms with Crippen LogP contribution in [0.2, 0.25) is 0 Å². The Morgan fingerprint density at radius 2 is 1.56 bits per heavy atom. The summed E-state index contributed by atoms with van der Waals surface area (Å²) in [6.07, 6.45) is 3.40. The summed E-state index contributed by atoms with van der Waals surface area (Å²) < 4.78 is 0. The Bertz CT molecular complexity index is 527. The first-order valence-electron chi connectivity index (χ1n) is 7.07. The SMILES string of the molecule is CCc1ccc(C2=C(C)C(C)=C(C)C2)cc1CC. The molecule has 96 valence electrons. The lowest BCUT2D eigenvalue weighted by molar-refractivity contribution is 1.03. The fraction of sp³-hybridized carbons (Fsp3) is 0.444. The Balaban J connectivity index is 2.43. The van der Waals surface area contributed by atoms with E-state index >= 15 is 0 Å². The van der Waals surface area contributed by atoms with Crippen LogP contribution in [0.15, 0.2) is 34.9 Å². The molecule has 0 amide bonds. The predicted molar refractivity (Wildman–Crippen MR) is 80.8 cm³/mol. The van der Waals surface area contributed by atoms with Crippen LogP contribution in [0.4, 0.5) is 0 Å². The van der Waals surface area contributed by atoms with Crippen molar-refractivity contribution in [3.63, 3.8) is 0 Å². The average Bonchev–Trinajstić information content (AvgIpc) is 2.65. The van der Waals surface area contributed by atoms with Gasteiger partial charge in [-0.1, -0.05) is 37.6 Å². The number of rotatable bonds is 3. The van der Waals surface area contributed by atoms with E-state index in [-0.39, 0.29) is 0 Å². The zero-order chi connectivity index (χ0) is 13.3. The average molecular weight is 240 g/mol. The molecule has 0 saturated heterocycles. The van der Waals surface area contributed by atoms with Crippen molar-refractivity contribution < 1.29 is 0 Å². The van der Waals surface area contributed by atoms with Crippen molar-refractivity contribution in [2.75, 3.05) is 0 Å². The third kappa shape index (κ3) is 2.16. The smallest absolute Gasteiger partial charge is 0.00554 e. The highest BCUT2D eigenvalue weighted by Gasteiger charge is 2.17. The first-order chi connectivity index (χ1) is 8.58. The number of hydrogen-bond donors (Lipinski definition) is 0. The fourth-order valence-corrected chi connectivity index (χ4v) is 2.88. The van der Waals surface area contributed by atoms with Gasteiger partial charge in [0.2, 0.25) is 0 Å². The Hall–Kier alpha value is -1.30. The van der Waals surface area contributed by atoms with Crippen LogP contribution in [-0.4, -0.2) is 0 Å². The summed E-state index contributed by atoms with van der Waals surface area (Å²) in [5.41, 5.74) is 10.5. The van der Waals surface area contributed by atoms with Gasteiger partial charge in [-0.2, -0.15) is 0 Å². The van der Waals surface area contributed by atoms with E-state index in [0.717, 1.165) is 19.3 Å². The number of hydrogen-bond acceptors (Lipinski definition) is 0. The minimum Gasteiger partial charge on any atom is -0.0657 e. The van der Waals surface area contributed by atoms with Crippen LogP contribution < -0.4 is 0 Å². The van der Waals surface area contributed by atoms with Crippen molar-refractivity contribution in [1.29, 1.82) is 0 Å². The maximum absolute atomic E-state index is 2.41. The molecular weight excluding hydrogens is 216 g/mol. The van der Waals surface area contributed by atoms with Crippen molar-refractivity contribution in [3.8, 4) is 0 Å². The van der Waals surface area contributed by atoms with Gasteiger partial charge in [0.05, 0.1) is 0 Å². The molecule has 0 atom stereocenters. The van der Waals surface area contributed by atoms with Crippen molar-refractivity contribution >= 4 is 5.57 Å². The molecule has 0 N–H and O–H groups in total. The van der Waals surface area contributed by atoms with Crippen molar-refractivity contribution in [1.82, 2.24) is 0 Å². The third-order valence-electron chi connectivity index (χ3n) is 4.41. The molecule has 0 aromatic heterocycles. The molecule has 0 heteroatoms. The summed E-state index contributed by atoms with van der Waals surface area (Å²) in [4.78, 5) is 0. The summed E-state index contributed by atoms with van der Waals surface area (Å²) in [7, 11) is 0. The van der Waals surface area contributed by atoms with Gasteiger partial charge in [0, 0.05) is 0 Å². The van der Waals surface area contributed by atoms with E-state index in [9.17, 15) is 0 Å². The van der Waals surface area contributed by atoms with Gasteiger partial charge in [-0.25, -0.2) is 0 Å². The van der Waals surface area contributed by atoms with Crippen LogP contribution in [0.25, 0.3) is 5.57 Å². The van der Waals surface area contributed by atoms with Crippen LogP contribution in [0.3, 0.4) is 0 Å². The molecule has 18 heavy (non-hydrogen) atoms. The van der Waals surface area contributed by atoms with E-state index in [2.05, 4.69) is 52.8 Å². The molecule has 0 spiro atoms. The molecule has 0 nitrogen and oxygen atoms in total. The molecule has 1 aromatic rings. The molecule has 0 aliphatic heterocycles. The number of allylic oxidation sites excluding steroid dienone is 4. The van der Waals surface area contributed by atoms with Gasteiger partial charge in [-0.15, -0.1) is 0 Å². The summed E-state index contributed by atoms with van der Waals surface area (Å²) >= 11 is 0. The first-order valence-corrected chi connectivity index (χ1v) is 7.07. The highest BCUT2D eigenvalue weighted by atomic mass is 14.2. The Morgan fingerprint density at radius 3 is 2.06 bits per heavy atom. The van der Waals surface area contributed by atoms with E-state index in [1.54, 1.807) is 0 Å². The lowest BCUT2D eigenvalue weighted by atomic mass is 9.94. The third-order valence-corrected chi connectivity index (χ3v) is 4.41. The van der Waals surface area contributed by atoms with E-state index in [1.165, 1.54) is 39.0 Å². The minimum atomic E-state index is 1.13. The second-order valence-electron chi connectivity index (χ2n) is 5.38. The molecule has 1 aliphatic rings. The van der Waals surface area contributed by atoms with Crippen LogP contribution >= 0.6 is 0 Å². The van der Waals surface area contributed by atoms with E-state index in [0.29, 0.717) is 0 Å². The van der Waals surface area contributed by atoms with Crippen LogP contribution in [0, 0.1) is 0 Å². The monoisotopic (exact) mass is 240 g/mol. The second kappa shape index (κ2) is 5.14. The molecule has 2 rings (SSSR count). The van der Waals surface area contributed by atoms with Gasteiger partial charge in [-0.05, 0) is 73.4 Å². The van der Waals surface area contributed by atoms with Gasteiger partial charge in [0.1, 0.15) is 0 Å².